The maximum atomic E-state index is 12.9. The Morgan fingerprint density at radius 1 is 1.25 bits per heavy atom. The van der Waals surface area contributed by atoms with Crippen LogP contribution < -0.4 is 10.2 Å². The second kappa shape index (κ2) is 6.84. The molecule has 1 aliphatic heterocycles. The topological polar surface area (TPSA) is 49.4 Å². The minimum absolute atomic E-state index is 0.0352. The molecule has 4 nitrogen and oxygen atoms in total. The van der Waals surface area contributed by atoms with Crippen LogP contribution in [0.15, 0.2) is 42.0 Å². The molecule has 2 aromatic rings. The van der Waals surface area contributed by atoms with Gasteiger partial charge in [-0.15, -0.1) is 11.3 Å². The quantitative estimate of drug-likeness (QED) is 0.503. The molecule has 3 rings (SSSR count). The Kier molecular flexibility index (Phi) is 4.80. The van der Waals surface area contributed by atoms with E-state index >= 15 is 0 Å². The minimum Gasteiger partial charge on any atom is -0.298 e. The van der Waals surface area contributed by atoms with Gasteiger partial charge in [-0.1, -0.05) is 36.7 Å². The number of nitrogens with one attached hydrogen (secondary N) is 1. The molecular weight excluding hydrogens is 364 g/mol. The summed E-state index contributed by atoms with van der Waals surface area (Å²) in [4.78, 5) is 27.2. The molecule has 0 radical (unpaired) electrons. The lowest BCUT2D eigenvalue weighted by Crippen LogP contribution is -2.54. The molecule has 1 saturated heterocycles. The number of benzene rings is 1. The second-order valence-electron chi connectivity index (χ2n) is 5.08. The Morgan fingerprint density at radius 2 is 2.00 bits per heavy atom. The summed E-state index contributed by atoms with van der Waals surface area (Å²) in [5, 5.41) is 2.68. The molecular formula is C17H13ClN2O2S2. The molecule has 122 valence electrons. The van der Waals surface area contributed by atoms with Crippen LogP contribution in [0, 0.1) is 0 Å². The molecule has 0 atom stereocenters. The molecule has 7 heteroatoms. The number of anilines is 1. The molecule has 1 aromatic carbocycles. The van der Waals surface area contributed by atoms with Crippen molar-refractivity contribution in [2.45, 2.75) is 13.3 Å². The number of thiophene rings is 1. The smallest absolute Gasteiger partial charge is 0.270 e. The van der Waals surface area contributed by atoms with Gasteiger partial charge in [-0.25, -0.2) is 0 Å². The average molecular weight is 377 g/mol. The van der Waals surface area contributed by atoms with Gasteiger partial charge in [0, 0.05) is 4.88 Å². The Labute approximate surface area is 153 Å². The van der Waals surface area contributed by atoms with E-state index in [1.165, 1.54) is 22.3 Å². The van der Waals surface area contributed by atoms with Crippen molar-refractivity contribution in [2.75, 3.05) is 4.90 Å². The second-order valence-corrected chi connectivity index (χ2v) is 7.22. The zero-order valence-corrected chi connectivity index (χ0v) is 15.1. The van der Waals surface area contributed by atoms with E-state index in [-0.39, 0.29) is 10.7 Å². The van der Waals surface area contributed by atoms with Crippen molar-refractivity contribution in [3.8, 4) is 0 Å². The third-order valence-corrected chi connectivity index (χ3v) is 5.06. The zero-order valence-electron chi connectivity index (χ0n) is 12.7. The molecule has 1 N–H and O–H groups in total. The fourth-order valence-corrected chi connectivity index (χ4v) is 3.73. The van der Waals surface area contributed by atoms with Crippen LogP contribution in [0.4, 0.5) is 5.69 Å². The van der Waals surface area contributed by atoms with Gasteiger partial charge in [0.25, 0.3) is 11.8 Å². The summed E-state index contributed by atoms with van der Waals surface area (Å²) in [6.45, 7) is 2.00. The van der Waals surface area contributed by atoms with Crippen molar-refractivity contribution in [3.63, 3.8) is 0 Å². The summed E-state index contributed by atoms with van der Waals surface area (Å²) in [5.41, 5.74) is 1.70. The summed E-state index contributed by atoms with van der Waals surface area (Å²) in [6, 6.07) is 11.0. The molecule has 2 amide bonds. The van der Waals surface area contributed by atoms with Gasteiger partial charge >= 0.3 is 0 Å². The SMILES string of the molecule is CCc1ccccc1N1C(=O)/C(=C/c2ccc(Cl)s2)C(=O)NC1=S. The minimum atomic E-state index is -0.500. The van der Waals surface area contributed by atoms with Crippen molar-refractivity contribution < 1.29 is 9.59 Å². The summed E-state index contributed by atoms with van der Waals surface area (Å²) in [5.74, 6) is -0.936. The molecule has 1 fully saturated rings. The molecule has 2 heterocycles. The average Bonchev–Trinajstić information content (AvgIpc) is 2.97. The van der Waals surface area contributed by atoms with Crippen LogP contribution in [0.3, 0.4) is 0 Å². The first-order valence-electron chi connectivity index (χ1n) is 7.26. The number of carbonyl (C=O) groups excluding carboxylic acids is 2. The monoisotopic (exact) mass is 376 g/mol. The summed E-state index contributed by atoms with van der Waals surface area (Å²) >= 11 is 12.4. The van der Waals surface area contributed by atoms with Crippen LogP contribution in [0.5, 0.6) is 0 Å². The number of hydrogen-bond acceptors (Lipinski definition) is 4. The van der Waals surface area contributed by atoms with Crippen LogP contribution in [0.25, 0.3) is 6.08 Å². The Balaban J connectivity index is 2.05. The van der Waals surface area contributed by atoms with Gasteiger partial charge in [-0.05, 0) is 48.5 Å². The van der Waals surface area contributed by atoms with E-state index in [0.717, 1.165) is 16.9 Å². The maximum absolute atomic E-state index is 12.9. The van der Waals surface area contributed by atoms with E-state index in [1.807, 2.05) is 31.2 Å². The lowest BCUT2D eigenvalue weighted by atomic mass is 10.1. The van der Waals surface area contributed by atoms with E-state index in [2.05, 4.69) is 5.32 Å². The van der Waals surface area contributed by atoms with Gasteiger partial charge in [0.1, 0.15) is 5.57 Å². The first-order chi connectivity index (χ1) is 11.5. The fourth-order valence-electron chi connectivity index (χ4n) is 2.45. The molecule has 24 heavy (non-hydrogen) atoms. The zero-order chi connectivity index (χ0) is 17.3. The fraction of sp³-hybridized carbons (Fsp3) is 0.118. The largest absolute Gasteiger partial charge is 0.298 e. The van der Waals surface area contributed by atoms with Crippen LogP contribution in [0.2, 0.25) is 4.34 Å². The van der Waals surface area contributed by atoms with E-state index in [4.69, 9.17) is 23.8 Å². The van der Waals surface area contributed by atoms with E-state index in [1.54, 1.807) is 12.1 Å². The highest BCUT2D eigenvalue weighted by Crippen LogP contribution is 2.28. The Hall–Kier alpha value is -2.02. The number of hydrogen-bond donors (Lipinski definition) is 1. The first-order valence-corrected chi connectivity index (χ1v) is 8.86. The molecule has 1 aromatic heterocycles. The third-order valence-electron chi connectivity index (χ3n) is 3.60. The van der Waals surface area contributed by atoms with Crippen LogP contribution >= 0.6 is 35.2 Å². The molecule has 0 saturated carbocycles. The van der Waals surface area contributed by atoms with Crippen LogP contribution in [-0.2, 0) is 16.0 Å². The lowest BCUT2D eigenvalue weighted by molar-refractivity contribution is -0.122. The Morgan fingerprint density at radius 3 is 2.67 bits per heavy atom. The van der Waals surface area contributed by atoms with Gasteiger partial charge in [0.15, 0.2) is 5.11 Å². The Bertz CT molecular complexity index is 873. The number of halogens is 1. The highest BCUT2D eigenvalue weighted by atomic mass is 35.5. The van der Waals surface area contributed by atoms with E-state index in [9.17, 15) is 9.59 Å². The van der Waals surface area contributed by atoms with Crippen molar-refractivity contribution >= 4 is 63.8 Å². The summed E-state index contributed by atoms with van der Waals surface area (Å²) in [6.07, 6.45) is 2.29. The molecule has 0 aliphatic carbocycles. The van der Waals surface area contributed by atoms with Crippen molar-refractivity contribution in [3.05, 3.63) is 56.7 Å². The summed E-state index contributed by atoms with van der Waals surface area (Å²) < 4.78 is 0.592. The number of thiocarbonyl (C=S) groups is 1. The number of para-hydroxylation sites is 1. The predicted molar refractivity (Wildman–Crippen MR) is 101 cm³/mol. The van der Waals surface area contributed by atoms with Crippen molar-refractivity contribution in [1.29, 1.82) is 0 Å². The van der Waals surface area contributed by atoms with Gasteiger partial charge < -0.3 is 0 Å². The molecule has 0 unspecified atom stereocenters. The lowest BCUT2D eigenvalue weighted by Gasteiger charge is -2.30. The number of nitrogens with zero attached hydrogens (tertiary/aromatic N) is 1. The number of carbonyl (C=O) groups is 2. The van der Waals surface area contributed by atoms with Crippen LogP contribution in [0.1, 0.15) is 17.4 Å². The number of aryl methyl sites for hydroxylation is 1. The standard InChI is InChI=1S/C17H13ClN2O2S2/c1-2-10-5-3-4-6-13(10)20-16(22)12(15(21)19-17(20)23)9-11-7-8-14(18)24-11/h3-9H,2H2,1H3,(H,19,21,23)/b12-9+. The third kappa shape index (κ3) is 3.13. The normalized spacial score (nSPS) is 16.7. The maximum Gasteiger partial charge on any atom is 0.270 e. The van der Waals surface area contributed by atoms with Crippen molar-refractivity contribution in [2.24, 2.45) is 0 Å². The first kappa shape index (κ1) is 16.8. The van der Waals surface area contributed by atoms with Gasteiger partial charge in [0.2, 0.25) is 0 Å². The number of rotatable bonds is 3. The van der Waals surface area contributed by atoms with E-state index < -0.39 is 11.8 Å². The van der Waals surface area contributed by atoms with Gasteiger partial charge in [0.05, 0.1) is 10.0 Å². The molecule has 1 aliphatic rings. The summed E-state index contributed by atoms with van der Waals surface area (Å²) in [7, 11) is 0. The molecule has 0 bridgehead atoms. The van der Waals surface area contributed by atoms with E-state index in [0.29, 0.717) is 10.0 Å². The van der Waals surface area contributed by atoms with Crippen molar-refractivity contribution in [1.82, 2.24) is 5.32 Å². The highest BCUT2D eigenvalue weighted by molar-refractivity contribution is 7.80. The van der Waals surface area contributed by atoms with Gasteiger partial charge in [-0.2, -0.15) is 0 Å². The molecule has 0 spiro atoms. The predicted octanol–water partition coefficient (Wildman–Crippen LogP) is 3.80. The number of amides is 2. The van der Waals surface area contributed by atoms with Crippen LogP contribution in [-0.4, -0.2) is 16.9 Å². The van der Waals surface area contributed by atoms with Gasteiger partial charge in [-0.3, -0.25) is 19.8 Å². The highest BCUT2D eigenvalue weighted by Gasteiger charge is 2.35.